The number of aromatic nitrogens is 4. The molecule has 1 fully saturated rings. The molecule has 1 saturated heterocycles. The van der Waals surface area contributed by atoms with Gasteiger partial charge in [0.15, 0.2) is 6.33 Å². The fourth-order valence-corrected chi connectivity index (χ4v) is 3.90. The minimum Gasteiger partial charge on any atom is -0.790 e. The summed E-state index contributed by atoms with van der Waals surface area (Å²) in [6.45, 7) is -0.777. The summed E-state index contributed by atoms with van der Waals surface area (Å²) in [6, 6.07) is 5.68. The van der Waals surface area contributed by atoms with Crippen LogP contribution in [-0.4, -0.2) is 60.9 Å². The van der Waals surface area contributed by atoms with Crippen LogP contribution in [0.15, 0.2) is 35.4 Å². The Morgan fingerprint density at radius 2 is 1.95 bits per heavy atom. The van der Waals surface area contributed by atoms with E-state index in [0.717, 1.165) is 0 Å². The van der Waals surface area contributed by atoms with Gasteiger partial charge in [-0.05, 0) is 17.7 Å². The standard InChI is InChI=1S/C17H19FN5O8P.CH2O3.2Na/c18-9-3-1-2-8(4-9)5-22-7-23(14-11(22)15(26)21-17(19)20-14)16-13(25)12(24)10(31-16)6-30-32(27,28)29;2-1(3)4;;/h1-4,7,10,12-13,16,24-25H,5-6H2,(H4-,19,20,21,26,27,28,29);(H2,2,3,4);;/q;;2*+1/p-2/t10-,12-,13-,16-;;;/m1.../s1. The first-order valence-electron chi connectivity index (χ1n) is 9.89. The van der Waals surface area contributed by atoms with E-state index in [2.05, 4.69) is 14.5 Å². The van der Waals surface area contributed by atoms with E-state index in [1.54, 1.807) is 6.07 Å². The average molecular weight is 577 g/mol. The number of nitrogens with one attached hydrogen (secondary N) is 1. The van der Waals surface area contributed by atoms with E-state index in [0.29, 0.717) is 5.56 Å². The fourth-order valence-electron chi connectivity index (χ4n) is 3.57. The molecule has 1 aliphatic heterocycles. The number of hydrogen-bond donors (Lipinski definition) is 5. The largest absolute Gasteiger partial charge is 1.00 e. The van der Waals surface area contributed by atoms with Crippen LogP contribution in [0.3, 0.4) is 0 Å². The molecule has 1 aromatic carbocycles. The first-order chi connectivity index (χ1) is 16.8. The molecule has 0 spiro atoms. The molecule has 196 valence electrons. The van der Waals surface area contributed by atoms with Crippen molar-refractivity contribution in [3.05, 3.63) is 52.3 Å². The second-order valence-electron chi connectivity index (χ2n) is 7.46. The summed E-state index contributed by atoms with van der Waals surface area (Å²) in [5.74, 6) is -0.705. The van der Waals surface area contributed by atoms with Gasteiger partial charge >= 0.3 is 64.8 Å². The van der Waals surface area contributed by atoms with E-state index >= 15 is 0 Å². The smallest absolute Gasteiger partial charge is 0.790 e. The zero-order valence-electron chi connectivity index (χ0n) is 20.0. The van der Waals surface area contributed by atoms with Crippen molar-refractivity contribution in [2.45, 2.75) is 31.1 Å². The van der Waals surface area contributed by atoms with Crippen molar-refractivity contribution in [2.75, 3.05) is 12.3 Å². The van der Waals surface area contributed by atoms with E-state index in [1.165, 1.54) is 33.7 Å². The summed E-state index contributed by atoms with van der Waals surface area (Å²) in [5, 5.41) is 36.0. The van der Waals surface area contributed by atoms with Crippen LogP contribution >= 0.6 is 7.82 Å². The number of H-pyrrole nitrogens is 1. The summed E-state index contributed by atoms with van der Waals surface area (Å²) >= 11 is 0. The number of hydrogen-bond acceptors (Lipinski definition) is 12. The Hall–Kier alpha value is -1.44. The van der Waals surface area contributed by atoms with Gasteiger partial charge in [-0.25, -0.2) is 8.96 Å². The summed E-state index contributed by atoms with van der Waals surface area (Å²) in [6.07, 6.45) is -6.63. The van der Waals surface area contributed by atoms with Gasteiger partial charge in [-0.15, -0.1) is 0 Å². The third kappa shape index (κ3) is 8.79. The monoisotopic (exact) mass is 577 g/mol. The number of aromatic amines is 1. The zero-order chi connectivity index (χ0) is 26.8. The molecule has 4 rings (SSSR count). The Morgan fingerprint density at radius 3 is 2.53 bits per heavy atom. The van der Waals surface area contributed by atoms with Crippen LogP contribution in [0.2, 0.25) is 0 Å². The van der Waals surface area contributed by atoms with Crippen molar-refractivity contribution in [3.63, 3.8) is 0 Å². The molecule has 20 heteroatoms. The number of carboxylic acid groups (broad SMARTS) is 2. The molecule has 0 unspecified atom stereocenters. The van der Waals surface area contributed by atoms with Crippen LogP contribution in [-0.2, 0) is 20.4 Å². The Bertz CT molecular complexity index is 1370. The van der Waals surface area contributed by atoms with Crippen molar-refractivity contribution in [1.82, 2.24) is 14.5 Å². The van der Waals surface area contributed by atoms with Crippen LogP contribution in [0.25, 0.3) is 11.2 Å². The number of nitrogens with two attached hydrogens (primary N) is 1. The van der Waals surface area contributed by atoms with Crippen LogP contribution < -0.4 is 89.9 Å². The van der Waals surface area contributed by atoms with Gasteiger partial charge in [-0.3, -0.25) is 14.3 Å². The van der Waals surface area contributed by atoms with Gasteiger partial charge in [-0.2, -0.15) is 0 Å². The van der Waals surface area contributed by atoms with E-state index in [1.807, 2.05) is 0 Å². The number of nitrogens with zero attached hydrogens (tertiary/aromatic N) is 3. The van der Waals surface area contributed by atoms with Gasteiger partial charge in [0.05, 0.1) is 21.0 Å². The Labute approximate surface area is 256 Å². The molecule has 38 heavy (non-hydrogen) atoms. The van der Waals surface area contributed by atoms with Gasteiger partial charge in [0.2, 0.25) is 17.9 Å². The molecule has 3 aromatic rings. The Kier molecular flexibility index (Phi) is 13.0. The number of phosphoric ester groups is 1. The predicted molar refractivity (Wildman–Crippen MR) is 108 cm³/mol. The number of halogens is 1. The number of carbonyl (C=O) groups is 1. The number of rotatable bonds is 6. The molecule has 4 atom stereocenters. The molecular weight excluding hydrogens is 558 g/mol. The second-order valence-corrected chi connectivity index (χ2v) is 8.61. The minimum atomic E-state index is -5.34. The molecule has 16 nitrogen and oxygen atoms in total. The van der Waals surface area contributed by atoms with Gasteiger partial charge in [0.25, 0.3) is 11.5 Å². The molecule has 0 amide bonds. The molecule has 0 bridgehead atoms. The molecule has 0 aliphatic carbocycles. The predicted octanol–water partition coefficient (Wildman–Crippen LogP) is -9.86. The number of aliphatic hydroxyl groups excluding tert-OH is 2. The Balaban J connectivity index is 0.00000113. The molecule has 6 N–H and O–H groups in total. The maximum absolute atomic E-state index is 13.6. The normalized spacial score (nSPS) is 20.7. The molecule has 0 radical (unpaired) electrons. The molecule has 0 saturated carbocycles. The number of ether oxygens (including phenoxy) is 1. The summed E-state index contributed by atoms with van der Waals surface area (Å²) < 4.78 is 36.6. The summed E-state index contributed by atoms with van der Waals surface area (Å²) in [5.41, 5.74) is 5.56. The quantitative estimate of drug-likeness (QED) is 0.104. The summed E-state index contributed by atoms with van der Waals surface area (Å²) in [7, 11) is -5.34. The van der Waals surface area contributed by atoms with Crippen LogP contribution in [0.1, 0.15) is 11.8 Å². The van der Waals surface area contributed by atoms with Crippen molar-refractivity contribution < 1.29 is 117 Å². The third-order valence-electron chi connectivity index (χ3n) is 4.94. The zero-order valence-corrected chi connectivity index (χ0v) is 24.9. The summed E-state index contributed by atoms with van der Waals surface area (Å²) in [4.78, 5) is 48.9. The van der Waals surface area contributed by atoms with Crippen molar-refractivity contribution >= 4 is 31.1 Å². The van der Waals surface area contributed by atoms with Crippen LogP contribution in [0.5, 0.6) is 0 Å². The SMILES string of the molecule is Nc1nc2c(c(=O)[nH]1)n(Cc1cccc(F)c1)c[n+]2[C@@H]1O[C@H](COP(=O)([O-])[O-])[C@@H](O)[C@H]1O.O=C([O-])O.[Na+].[Na+]. The number of anilines is 1. The van der Waals surface area contributed by atoms with Gasteiger partial charge in [-0.1, -0.05) is 17.1 Å². The van der Waals surface area contributed by atoms with Gasteiger partial charge in [0.1, 0.15) is 24.1 Å². The number of phosphoric acid groups is 1. The number of nitrogen functional groups attached to an aromatic ring is 1. The van der Waals surface area contributed by atoms with E-state index in [4.69, 9.17) is 25.5 Å². The van der Waals surface area contributed by atoms with E-state index in [-0.39, 0.29) is 82.8 Å². The van der Waals surface area contributed by atoms with E-state index < -0.39 is 56.5 Å². The van der Waals surface area contributed by atoms with Crippen LogP contribution in [0, 0.1) is 5.82 Å². The van der Waals surface area contributed by atoms with Gasteiger partial charge in [0, 0.05) is 0 Å². The number of aliphatic hydroxyl groups is 2. The number of benzene rings is 1. The van der Waals surface area contributed by atoms with E-state index in [9.17, 15) is 33.7 Å². The Morgan fingerprint density at radius 1 is 1.32 bits per heavy atom. The van der Waals surface area contributed by atoms with Crippen LogP contribution in [0.4, 0.5) is 15.1 Å². The van der Waals surface area contributed by atoms with Gasteiger partial charge < -0.3 is 54.6 Å². The van der Waals surface area contributed by atoms with Crippen molar-refractivity contribution in [1.29, 1.82) is 0 Å². The molecule has 2 aromatic heterocycles. The fraction of sp³-hybridized carbons (Fsp3) is 0.333. The third-order valence-corrected chi connectivity index (χ3v) is 5.41. The maximum Gasteiger partial charge on any atom is 1.00 e. The maximum atomic E-state index is 13.6. The molecular formula is C18H19FN5Na2O11P. The first-order valence-corrected chi connectivity index (χ1v) is 11.3. The topological polar surface area (TPSA) is 263 Å². The number of fused-ring (bicyclic) bond motifs is 1. The average Bonchev–Trinajstić information content (AvgIpc) is 3.23. The number of imidazole rings is 1. The molecule has 3 heterocycles. The van der Waals surface area contributed by atoms with Crippen molar-refractivity contribution in [3.8, 4) is 0 Å². The second kappa shape index (κ2) is 14.3. The first kappa shape index (κ1) is 34.6. The molecule has 1 aliphatic rings. The minimum absolute atomic E-state index is 0. The van der Waals surface area contributed by atoms with Crippen molar-refractivity contribution in [2.24, 2.45) is 0 Å².